The molecule has 1 N–H and O–H groups in total. The van der Waals surface area contributed by atoms with Crippen LogP contribution in [-0.2, 0) is 4.74 Å². The maximum atomic E-state index is 5.27. The lowest BCUT2D eigenvalue weighted by atomic mass is 9.67. The summed E-state index contributed by atoms with van der Waals surface area (Å²) in [5.41, 5.74) is 0.552. The highest BCUT2D eigenvalue weighted by Gasteiger charge is 2.34. The van der Waals surface area contributed by atoms with E-state index in [2.05, 4.69) is 26.1 Å². The van der Waals surface area contributed by atoms with Crippen molar-refractivity contribution < 1.29 is 4.74 Å². The summed E-state index contributed by atoms with van der Waals surface area (Å²) in [5.74, 6) is 1.76. The third-order valence-electron chi connectivity index (χ3n) is 5.24. The molecule has 0 aromatic rings. The fourth-order valence-electron chi connectivity index (χ4n) is 3.80. The van der Waals surface area contributed by atoms with E-state index in [1.54, 1.807) is 0 Å². The van der Waals surface area contributed by atoms with Crippen LogP contribution in [0.3, 0.4) is 0 Å². The number of nitrogens with one attached hydrogen (secondary N) is 1. The molecule has 0 aromatic heterocycles. The first-order chi connectivity index (χ1) is 10.1. The van der Waals surface area contributed by atoms with Crippen LogP contribution in [0, 0.1) is 17.3 Å². The molecule has 0 aromatic carbocycles. The summed E-state index contributed by atoms with van der Waals surface area (Å²) in [4.78, 5) is 0. The zero-order valence-corrected chi connectivity index (χ0v) is 15.0. The summed E-state index contributed by atoms with van der Waals surface area (Å²) >= 11 is 0. The highest BCUT2D eigenvalue weighted by Crippen LogP contribution is 2.43. The molecule has 1 rings (SSSR count). The predicted octanol–water partition coefficient (Wildman–Crippen LogP) is 5.03. The lowest BCUT2D eigenvalue weighted by Crippen LogP contribution is -2.39. The Kier molecular flexibility index (Phi) is 9.59. The van der Waals surface area contributed by atoms with E-state index in [1.807, 2.05) is 7.11 Å². The minimum Gasteiger partial charge on any atom is -0.385 e. The Morgan fingerprint density at radius 3 is 2.48 bits per heavy atom. The van der Waals surface area contributed by atoms with Crippen LogP contribution in [0.1, 0.15) is 78.6 Å². The Morgan fingerprint density at radius 1 is 1.19 bits per heavy atom. The Balaban J connectivity index is 2.42. The van der Waals surface area contributed by atoms with Crippen molar-refractivity contribution in [2.45, 2.75) is 78.6 Å². The zero-order valence-electron chi connectivity index (χ0n) is 15.0. The van der Waals surface area contributed by atoms with Gasteiger partial charge in [-0.15, -0.1) is 0 Å². The van der Waals surface area contributed by atoms with Gasteiger partial charge in [-0.2, -0.15) is 0 Å². The molecule has 1 aliphatic rings. The number of rotatable bonds is 11. The van der Waals surface area contributed by atoms with E-state index in [9.17, 15) is 0 Å². The summed E-state index contributed by atoms with van der Waals surface area (Å²) in [6.45, 7) is 10.2. The van der Waals surface area contributed by atoms with Crippen LogP contribution in [-0.4, -0.2) is 26.8 Å². The summed E-state index contributed by atoms with van der Waals surface area (Å²) in [7, 11) is 1.82. The van der Waals surface area contributed by atoms with Crippen LogP contribution in [0.5, 0.6) is 0 Å². The van der Waals surface area contributed by atoms with E-state index in [0.29, 0.717) is 5.41 Å². The minimum absolute atomic E-state index is 0.552. The van der Waals surface area contributed by atoms with Gasteiger partial charge in [0.15, 0.2) is 0 Å². The van der Waals surface area contributed by atoms with Crippen LogP contribution < -0.4 is 5.32 Å². The molecule has 0 unspecified atom stereocenters. The summed E-state index contributed by atoms with van der Waals surface area (Å²) in [5, 5.41) is 3.74. The van der Waals surface area contributed by atoms with E-state index in [0.717, 1.165) is 25.0 Å². The topological polar surface area (TPSA) is 21.3 Å². The normalized spacial score (nSPS) is 26.4. The van der Waals surface area contributed by atoms with Crippen molar-refractivity contribution >= 4 is 0 Å². The molecule has 2 nitrogen and oxygen atoms in total. The van der Waals surface area contributed by atoms with Crippen molar-refractivity contribution in [2.75, 3.05) is 26.8 Å². The molecule has 1 fully saturated rings. The molecular formula is C19H39NO. The molecule has 0 amide bonds. The number of methoxy groups -OCH3 is 1. The lowest BCUT2D eigenvalue weighted by Gasteiger charge is -2.41. The third kappa shape index (κ3) is 7.65. The predicted molar refractivity (Wildman–Crippen MR) is 92.7 cm³/mol. The molecule has 0 atom stereocenters. The standard InChI is InChI=1S/C19H39NO/c1-5-6-8-18-9-12-19(13-10-18,11-7-14-21-4)16-20-15-17(2)3/h17-18,20H,5-16H2,1-4H3. The highest BCUT2D eigenvalue weighted by molar-refractivity contribution is 4.87. The van der Waals surface area contributed by atoms with Gasteiger partial charge in [-0.3, -0.25) is 0 Å². The SMILES string of the molecule is CCCCC1CCC(CCCOC)(CNCC(C)C)CC1. The molecular weight excluding hydrogens is 258 g/mol. The second-order valence-electron chi connectivity index (χ2n) is 7.71. The molecule has 0 aliphatic heterocycles. The number of unbranched alkanes of at least 4 members (excludes halogenated alkanes) is 1. The first kappa shape index (κ1) is 19.0. The van der Waals surface area contributed by atoms with Gasteiger partial charge in [0.25, 0.3) is 0 Å². The van der Waals surface area contributed by atoms with Gasteiger partial charge in [0.05, 0.1) is 0 Å². The summed E-state index contributed by atoms with van der Waals surface area (Å²) < 4.78 is 5.27. The average molecular weight is 298 g/mol. The molecule has 126 valence electrons. The van der Waals surface area contributed by atoms with Gasteiger partial charge in [0.2, 0.25) is 0 Å². The van der Waals surface area contributed by atoms with Gasteiger partial charge in [-0.05, 0) is 62.3 Å². The molecule has 0 saturated heterocycles. The largest absolute Gasteiger partial charge is 0.385 e. The quantitative estimate of drug-likeness (QED) is 0.540. The fourth-order valence-corrected chi connectivity index (χ4v) is 3.80. The smallest absolute Gasteiger partial charge is 0.0462 e. The van der Waals surface area contributed by atoms with E-state index in [1.165, 1.54) is 64.3 Å². The van der Waals surface area contributed by atoms with Gasteiger partial charge in [-0.25, -0.2) is 0 Å². The van der Waals surface area contributed by atoms with Crippen LogP contribution in [0.2, 0.25) is 0 Å². The molecule has 1 saturated carbocycles. The van der Waals surface area contributed by atoms with Gasteiger partial charge in [-0.1, -0.05) is 40.0 Å². The van der Waals surface area contributed by atoms with E-state index in [4.69, 9.17) is 4.74 Å². The van der Waals surface area contributed by atoms with Crippen molar-refractivity contribution in [3.05, 3.63) is 0 Å². The molecule has 2 heteroatoms. The highest BCUT2D eigenvalue weighted by atomic mass is 16.5. The molecule has 1 aliphatic carbocycles. The van der Waals surface area contributed by atoms with Crippen LogP contribution in [0.4, 0.5) is 0 Å². The molecule has 21 heavy (non-hydrogen) atoms. The first-order valence-corrected chi connectivity index (χ1v) is 9.31. The Morgan fingerprint density at radius 2 is 1.90 bits per heavy atom. The molecule has 0 radical (unpaired) electrons. The first-order valence-electron chi connectivity index (χ1n) is 9.31. The Hall–Kier alpha value is -0.0800. The van der Waals surface area contributed by atoms with E-state index >= 15 is 0 Å². The number of ether oxygens (including phenoxy) is 1. The second-order valence-corrected chi connectivity index (χ2v) is 7.71. The summed E-state index contributed by atoms with van der Waals surface area (Å²) in [6.07, 6.45) is 12.6. The molecule has 0 spiro atoms. The monoisotopic (exact) mass is 297 g/mol. The van der Waals surface area contributed by atoms with Gasteiger partial charge in [0.1, 0.15) is 0 Å². The molecule has 0 bridgehead atoms. The summed E-state index contributed by atoms with van der Waals surface area (Å²) in [6, 6.07) is 0. The van der Waals surface area contributed by atoms with E-state index in [-0.39, 0.29) is 0 Å². The zero-order chi connectivity index (χ0) is 15.6. The average Bonchev–Trinajstić information content (AvgIpc) is 2.47. The van der Waals surface area contributed by atoms with Crippen molar-refractivity contribution in [1.29, 1.82) is 0 Å². The van der Waals surface area contributed by atoms with Crippen molar-refractivity contribution in [3.8, 4) is 0 Å². The number of hydrogen-bond acceptors (Lipinski definition) is 2. The number of hydrogen-bond donors (Lipinski definition) is 1. The van der Waals surface area contributed by atoms with Gasteiger partial charge >= 0.3 is 0 Å². The second kappa shape index (κ2) is 10.6. The van der Waals surface area contributed by atoms with Crippen LogP contribution >= 0.6 is 0 Å². The van der Waals surface area contributed by atoms with Crippen molar-refractivity contribution in [3.63, 3.8) is 0 Å². The van der Waals surface area contributed by atoms with Crippen LogP contribution in [0.15, 0.2) is 0 Å². The fraction of sp³-hybridized carbons (Fsp3) is 1.00. The Bertz CT molecular complexity index is 244. The molecule has 0 heterocycles. The lowest BCUT2D eigenvalue weighted by molar-refractivity contribution is 0.106. The third-order valence-corrected chi connectivity index (χ3v) is 5.24. The Labute approximate surface area is 133 Å². The van der Waals surface area contributed by atoms with Gasteiger partial charge < -0.3 is 10.1 Å². The minimum atomic E-state index is 0.552. The maximum Gasteiger partial charge on any atom is 0.0462 e. The van der Waals surface area contributed by atoms with Crippen molar-refractivity contribution in [1.82, 2.24) is 5.32 Å². The van der Waals surface area contributed by atoms with E-state index < -0.39 is 0 Å². The maximum absolute atomic E-state index is 5.27. The van der Waals surface area contributed by atoms with Crippen LogP contribution in [0.25, 0.3) is 0 Å². The van der Waals surface area contributed by atoms with Gasteiger partial charge in [0, 0.05) is 20.3 Å². The van der Waals surface area contributed by atoms with Crippen molar-refractivity contribution in [2.24, 2.45) is 17.3 Å².